The molecule has 3 aromatic carbocycles. The van der Waals surface area contributed by atoms with Crippen LogP contribution < -0.4 is 9.47 Å². The van der Waals surface area contributed by atoms with Crippen LogP contribution in [-0.4, -0.2) is 44.7 Å². The number of phenols is 1. The van der Waals surface area contributed by atoms with Crippen LogP contribution in [0.2, 0.25) is 0 Å². The fourth-order valence-electron chi connectivity index (χ4n) is 3.18. The number of rotatable bonds is 0. The zero-order chi connectivity index (χ0) is 23.6. The first kappa shape index (κ1) is 23.3. The Labute approximate surface area is 197 Å². The minimum Gasteiger partial charge on any atom is -0.504 e. The van der Waals surface area contributed by atoms with E-state index in [1.807, 2.05) is 31.2 Å². The van der Waals surface area contributed by atoms with E-state index < -0.39 is 0 Å². The summed E-state index contributed by atoms with van der Waals surface area (Å²) in [5, 5.41) is 27.8. The van der Waals surface area contributed by atoms with E-state index in [1.54, 1.807) is 36.4 Å². The maximum absolute atomic E-state index is 10.8. The van der Waals surface area contributed by atoms with Crippen LogP contribution in [0.4, 0.5) is 22.7 Å². The highest BCUT2D eigenvalue weighted by molar-refractivity contribution is 5.67. The highest BCUT2D eigenvalue weighted by Gasteiger charge is 2.10. The van der Waals surface area contributed by atoms with Gasteiger partial charge in [0.2, 0.25) is 0 Å². The third-order valence-corrected chi connectivity index (χ3v) is 4.82. The number of aryl methyl sites for hydroxylation is 1. The first-order valence-electron chi connectivity index (χ1n) is 11.0. The molecule has 1 heterocycles. The van der Waals surface area contributed by atoms with Crippen LogP contribution in [0, 0.1) is 6.92 Å². The van der Waals surface area contributed by atoms with Crippen LogP contribution >= 0.6 is 0 Å². The van der Waals surface area contributed by atoms with Crippen LogP contribution in [0.15, 0.2) is 81.1 Å². The minimum atomic E-state index is -0.123. The van der Waals surface area contributed by atoms with E-state index >= 15 is 0 Å². The van der Waals surface area contributed by atoms with Gasteiger partial charge in [-0.3, -0.25) is 0 Å². The molecule has 0 fully saturated rings. The van der Waals surface area contributed by atoms with Gasteiger partial charge >= 0.3 is 0 Å². The number of fused-ring (bicyclic) bond motifs is 4. The highest BCUT2D eigenvalue weighted by atomic mass is 16.6. The number of ether oxygens (including phenoxy) is 4. The molecule has 0 amide bonds. The van der Waals surface area contributed by atoms with E-state index in [0.29, 0.717) is 62.5 Å². The summed E-state index contributed by atoms with van der Waals surface area (Å²) in [5.41, 5.74) is 2.47. The number of hydrogen-bond acceptors (Lipinski definition) is 9. The molecule has 34 heavy (non-hydrogen) atoms. The Morgan fingerprint density at radius 2 is 1.00 bits per heavy atom. The second-order valence-electron chi connectivity index (χ2n) is 7.41. The number of nitrogens with zero attached hydrogens (tertiary/aromatic N) is 4. The summed E-state index contributed by atoms with van der Waals surface area (Å²) in [5.74, 6) is 1.01. The molecule has 1 aliphatic heterocycles. The lowest BCUT2D eigenvalue weighted by molar-refractivity contribution is 0.0274. The average Bonchev–Trinajstić information content (AvgIpc) is 2.85. The Bertz CT molecular complexity index is 1080. The summed E-state index contributed by atoms with van der Waals surface area (Å²) in [4.78, 5) is 0. The molecule has 0 aliphatic carbocycles. The van der Waals surface area contributed by atoms with Crippen molar-refractivity contribution in [3.63, 3.8) is 0 Å². The Balaban J connectivity index is 1.66. The molecule has 9 nitrogen and oxygen atoms in total. The summed E-state index contributed by atoms with van der Waals surface area (Å²) in [6.45, 7) is 4.30. The summed E-state index contributed by atoms with van der Waals surface area (Å²) >= 11 is 0. The van der Waals surface area contributed by atoms with Crippen LogP contribution in [-0.2, 0) is 9.47 Å². The summed E-state index contributed by atoms with van der Waals surface area (Å²) < 4.78 is 22.7. The fourth-order valence-corrected chi connectivity index (χ4v) is 3.18. The summed E-state index contributed by atoms with van der Waals surface area (Å²) in [6.07, 6.45) is 0. The van der Waals surface area contributed by atoms with E-state index in [4.69, 9.17) is 18.9 Å². The van der Waals surface area contributed by atoms with Crippen molar-refractivity contribution in [3.8, 4) is 17.2 Å². The van der Waals surface area contributed by atoms with Crippen LogP contribution in [0.25, 0.3) is 0 Å². The van der Waals surface area contributed by atoms with Gasteiger partial charge in [-0.2, -0.15) is 0 Å². The average molecular weight is 463 g/mol. The second-order valence-corrected chi connectivity index (χ2v) is 7.41. The highest BCUT2D eigenvalue weighted by Crippen LogP contribution is 2.40. The van der Waals surface area contributed by atoms with Gasteiger partial charge in [0, 0.05) is 0 Å². The summed E-state index contributed by atoms with van der Waals surface area (Å²) in [6, 6.07) is 18.0. The molecule has 0 saturated heterocycles. The first-order valence-corrected chi connectivity index (χ1v) is 11.0. The normalized spacial score (nSPS) is 15.2. The van der Waals surface area contributed by atoms with Crippen LogP contribution in [0.5, 0.6) is 17.2 Å². The van der Waals surface area contributed by atoms with Gasteiger partial charge in [0.1, 0.15) is 47.5 Å². The lowest BCUT2D eigenvalue weighted by Crippen LogP contribution is -2.13. The molecule has 1 aliphatic rings. The van der Waals surface area contributed by atoms with E-state index in [2.05, 4.69) is 20.5 Å². The molecular weight excluding hydrogens is 436 g/mol. The van der Waals surface area contributed by atoms with Gasteiger partial charge in [-0.05, 0) is 48.9 Å². The van der Waals surface area contributed by atoms with E-state index in [-0.39, 0.29) is 17.1 Å². The molecule has 176 valence electrons. The standard InChI is InChI=1S/C25H26N4O5/c1-18-16-21-25(30)22(17-18)29-27-20-7-3-5-9-24(20)34-15-13-32-11-10-31-12-14-33-23-8-4-2-6-19(23)26-28-21/h2-9,16-17,30H,10-15H2,1H3. The van der Waals surface area contributed by atoms with Crippen molar-refractivity contribution in [2.75, 3.05) is 39.6 Å². The maximum Gasteiger partial charge on any atom is 0.171 e. The Kier molecular flexibility index (Phi) is 8.15. The van der Waals surface area contributed by atoms with Crippen molar-refractivity contribution in [1.82, 2.24) is 0 Å². The maximum atomic E-state index is 10.8. The zero-order valence-corrected chi connectivity index (χ0v) is 18.9. The molecule has 0 atom stereocenters. The molecule has 0 spiro atoms. The monoisotopic (exact) mass is 462 g/mol. The van der Waals surface area contributed by atoms with Gasteiger partial charge in [0.15, 0.2) is 5.75 Å². The van der Waals surface area contributed by atoms with E-state index in [0.717, 1.165) is 5.56 Å². The first-order chi connectivity index (χ1) is 16.7. The van der Waals surface area contributed by atoms with Crippen LogP contribution in [0.3, 0.4) is 0 Å². The van der Waals surface area contributed by atoms with Crippen molar-refractivity contribution >= 4 is 22.7 Å². The quantitative estimate of drug-likeness (QED) is 0.420. The van der Waals surface area contributed by atoms with Gasteiger partial charge in [0.05, 0.1) is 26.4 Å². The molecule has 0 unspecified atom stereocenters. The van der Waals surface area contributed by atoms with Gasteiger partial charge in [-0.25, -0.2) is 0 Å². The zero-order valence-electron chi connectivity index (χ0n) is 18.9. The SMILES string of the molecule is Cc1cc2c(O)c(c1)N=Nc1ccccc1OCCOCCOCCOc1ccccc1N=N2. The number of aromatic hydroxyl groups is 1. The molecule has 0 aromatic heterocycles. The van der Waals surface area contributed by atoms with Crippen molar-refractivity contribution in [1.29, 1.82) is 0 Å². The number of para-hydroxylation sites is 2. The molecule has 2 bridgehead atoms. The third kappa shape index (κ3) is 6.37. The van der Waals surface area contributed by atoms with E-state index in [1.165, 1.54) is 0 Å². The smallest absolute Gasteiger partial charge is 0.171 e. The molecule has 0 radical (unpaired) electrons. The topological polar surface area (TPSA) is 107 Å². The van der Waals surface area contributed by atoms with Crippen LogP contribution in [0.1, 0.15) is 5.56 Å². The number of hydrogen-bond donors (Lipinski definition) is 1. The van der Waals surface area contributed by atoms with E-state index in [9.17, 15) is 5.11 Å². The molecule has 4 rings (SSSR count). The third-order valence-electron chi connectivity index (χ3n) is 4.82. The number of azo groups is 2. The lowest BCUT2D eigenvalue weighted by Gasteiger charge is -2.10. The lowest BCUT2D eigenvalue weighted by atomic mass is 10.2. The van der Waals surface area contributed by atoms with Crippen molar-refractivity contribution in [2.45, 2.75) is 6.92 Å². The van der Waals surface area contributed by atoms with Gasteiger partial charge < -0.3 is 24.1 Å². The van der Waals surface area contributed by atoms with Gasteiger partial charge in [0.25, 0.3) is 0 Å². The van der Waals surface area contributed by atoms with Gasteiger partial charge in [-0.15, -0.1) is 20.5 Å². The predicted molar refractivity (Wildman–Crippen MR) is 127 cm³/mol. The van der Waals surface area contributed by atoms with Crippen molar-refractivity contribution < 1.29 is 24.1 Å². The molecule has 1 N–H and O–H groups in total. The molecule has 3 aromatic rings. The number of phenolic OH excluding ortho intramolecular Hbond substituents is 1. The Morgan fingerprint density at radius 3 is 1.50 bits per heavy atom. The second kappa shape index (κ2) is 11.9. The Hall–Kier alpha value is -3.82. The number of benzene rings is 3. The largest absolute Gasteiger partial charge is 0.504 e. The Morgan fingerprint density at radius 1 is 0.588 bits per heavy atom. The predicted octanol–water partition coefficient (Wildman–Crippen LogP) is 6.34. The van der Waals surface area contributed by atoms with Crippen molar-refractivity contribution in [3.05, 3.63) is 66.2 Å². The van der Waals surface area contributed by atoms with Gasteiger partial charge in [-0.1, -0.05) is 24.3 Å². The molecule has 9 heteroatoms. The minimum absolute atomic E-state index is 0.123. The molecule has 0 saturated carbocycles. The fraction of sp³-hybridized carbons (Fsp3) is 0.280. The molecular formula is C25H26N4O5. The summed E-state index contributed by atoms with van der Waals surface area (Å²) in [7, 11) is 0. The van der Waals surface area contributed by atoms with Crippen molar-refractivity contribution in [2.24, 2.45) is 20.5 Å².